The molecule has 6 heteroatoms. The molecular formula is C19H20FN3O2. The summed E-state index contributed by atoms with van der Waals surface area (Å²) in [7, 11) is 3.25. The summed E-state index contributed by atoms with van der Waals surface area (Å²) in [6.07, 6.45) is 1.67. The molecule has 0 bridgehead atoms. The molecule has 3 rings (SSSR count). The van der Waals surface area contributed by atoms with Crippen LogP contribution in [-0.4, -0.2) is 32.3 Å². The van der Waals surface area contributed by atoms with E-state index in [9.17, 15) is 4.39 Å². The Labute approximate surface area is 145 Å². The summed E-state index contributed by atoms with van der Waals surface area (Å²) in [4.78, 5) is 4.19. The van der Waals surface area contributed by atoms with Crippen LogP contribution >= 0.6 is 0 Å². The number of methoxy groups -OCH3 is 2. The molecule has 0 fully saturated rings. The van der Waals surface area contributed by atoms with Crippen LogP contribution in [0.1, 0.15) is 0 Å². The Morgan fingerprint density at radius 1 is 0.920 bits per heavy atom. The van der Waals surface area contributed by atoms with Crippen molar-refractivity contribution in [1.82, 2.24) is 4.98 Å². The van der Waals surface area contributed by atoms with Crippen LogP contribution in [-0.2, 0) is 0 Å². The lowest BCUT2D eigenvalue weighted by Crippen LogP contribution is -2.14. The lowest BCUT2D eigenvalue weighted by molar-refractivity contribution is 0.394. The molecule has 0 unspecified atom stereocenters. The predicted molar refractivity (Wildman–Crippen MR) is 98.2 cm³/mol. The van der Waals surface area contributed by atoms with Gasteiger partial charge in [0.05, 0.1) is 19.7 Å². The maximum Gasteiger partial charge on any atom is 0.125 e. The first-order valence-electron chi connectivity index (χ1n) is 7.94. The Hall–Kier alpha value is -3.02. The fourth-order valence-corrected chi connectivity index (χ4v) is 2.59. The summed E-state index contributed by atoms with van der Waals surface area (Å²) in [5, 5.41) is 7.57. The minimum atomic E-state index is -0.286. The highest BCUT2D eigenvalue weighted by Gasteiger charge is 2.04. The average molecular weight is 341 g/mol. The molecule has 0 aliphatic rings. The molecule has 1 heterocycles. The summed E-state index contributed by atoms with van der Waals surface area (Å²) in [6, 6.07) is 12.1. The van der Waals surface area contributed by atoms with E-state index in [-0.39, 0.29) is 5.82 Å². The van der Waals surface area contributed by atoms with Gasteiger partial charge in [0.25, 0.3) is 0 Å². The Morgan fingerprint density at radius 3 is 2.36 bits per heavy atom. The van der Waals surface area contributed by atoms with Crippen molar-refractivity contribution in [2.75, 3.05) is 37.9 Å². The molecule has 0 radical (unpaired) electrons. The molecule has 0 aliphatic heterocycles. The van der Waals surface area contributed by atoms with E-state index < -0.39 is 0 Å². The number of fused-ring (bicyclic) bond motifs is 1. The SMILES string of the molecule is COc1cc(NCCNc2ccnc3cc(F)ccc23)cc(OC)c1. The van der Waals surface area contributed by atoms with E-state index in [1.807, 2.05) is 24.3 Å². The van der Waals surface area contributed by atoms with E-state index in [4.69, 9.17) is 9.47 Å². The number of nitrogens with zero attached hydrogens (tertiary/aromatic N) is 1. The normalized spacial score (nSPS) is 10.5. The van der Waals surface area contributed by atoms with Crippen molar-refractivity contribution in [1.29, 1.82) is 0 Å². The van der Waals surface area contributed by atoms with Gasteiger partial charge in [-0.25, -0.2) is 4.39 Å². The van der Waals surface area contributed by atoms with Gasteiger partial charge in [-0.15, -0.1) is 0 Å². The number of pyridine rings is 1. The maximum absolute atomic E-state index is 13.3. The fourth-order valence-electron chi connectivity index (χ4n) is 2.59. The third-order valence-electron chi connectivity index (χ3n) is 3.83. The van der Waals surface area contributed by atoms with Crippen molar-refractivity contribution in [2.24, 2.45) is 0 Å². The molecular weight excluding hydrogens is 321 g/mol. The number of halogens is 1. The first-order chi connectivity index (χ1) is 12.2. The van der Waals surface area contributed by atoms with Gasteiger partial charge < -0.3 is 20.1 Å². The minimum absolute atomic E-state index is 0.286. The van der Waals surface area contributed by atoms with Gasteiger partial charge in [0, 0.05) is 60.3 Å². The number of hydrogen-bond donors (Lipinski definition) is 2. The van der Waals surface area contributed by atoms with E-state index in [0.717, 1.165) is 28.3 Å². The van der Waals surface area contributed by atoms with E-state index in [0.29, 0.717) is 18.6 Å². The van der Waals surface area contributed by atoms with E-state index in [2.05, 4.69) is 15.6 Å². The second kappa shape index (κ2) is 7.70. The molecule has 3 aromatic rings. The molecule has 0 spiro atoms. The highest BCUT2D eigenvalue weighted by atomic mass is 19.1. The number of ether oxygens (including phenoxy) is 2. The maximum atomic E-state index is 13.3. The topological polar surface area (TPSA) is 55.4 Å². The number of hydrogen-bond acceptors (Lipinski definition) is 5. The van der Waals surface area contributed by atoms with Crippen LogP contribution in [0.4, 0.5) is 15.8 Å². The van der Waals surface area contributed by atoms with Gasteiger partial charge in [0.2, 0.25) is 0 Å². The van der Waals surface area contributed by atoms with Gasteiger partial charge in [-0.05, 0) is 18.2 Å². The van der Waals surface area contributed by atoms with E-state index in [1.165, 1.54) is 12.1 Å². The summed E-state index contributed by atoms with van der Waals surface area (Å²) in [6.45, 7) is 1.39. The molecule has 0 saturated carbocycles. The fraction of sp³-hybridized carbons (Fsp3) is 0.211. The first kappa shape index (κ1) is 16.8. The lowest BCUT2D eigenvalue weighted by atomic mass is 10.2. The zero-order valence-corrected chi connectivity index (χ0v) is 14.2. The summed E-state index contributed by atoms with van der Waals surface area (Å²) >= 11 is 0. The molecule has 0 amide bonds. The van der Waals surface area contributed by atoms with Crippen molar-refractivity contribution in [2.45, 2.75) is 0 Å². The molecule has 0 atom stereocenters. The van der Waals surface area contributed by atoms with Gasteiger partial charge >= 0.3 is 0 Å². The van der Waals surface area contributed by atoms with Crippen molar-refractivity contribution in [3.05, 3.63) is 54.5 Å². The first-order valence-corrected chi connectivity index (χ1v) is 7.94. The molecule has 1 aromatic heterocycles. The molecule has 130 valence electrons. The van der Waals surface area contributed by atoms with Crippen LogP contribution in [0, 0.1) is 5.82 Å². The van der Waals surface area contributed by atoms with Gasteiger partial charge in [0.1, 0.15) is 17.3 Å². The summed E-state index contributed by atoms with van der Waals surface area (Å²) in [5.74, 6) is 1.18. The Morgan fingerprint density at radius 2 is 1.64 bits per heavy atom. The highest BCUT2D eigenvalue weighted by molar-refractivity contribution is 5.90. The molecule has 5 nitrogen and oxygen atoms in total. The van der Waals surface area contributed by atoms with Gasteiger partial charge in [0.15, 0.2) is 0 Å². The summed E-state index contributed by atoms with van der Waals surface area (Å²) in [5.41, 5.74) is 2.48. The van der Waals surface area contributed by atoms with Crippen LogP contribution in [0.5, 0.6) is 11.5 Å². The largest absolute Gasteiger partial charge is 0.497 e. The number of rotatable bonds is 7. The predicted octanol–water partition coefficient (Wildman–Crippen LogP) is 3.92. The zero-order chi connectivity index (χ0) is 17.6. The Balaban J connectivity index is 1.62. The number of aromatic nitrogens is 1. The molecule has 0 aliphatic carbocycles. The number of anilines is 2. The Bertz CT molecular complexity index is 848. The van der Waals surface area contributed by atoms with Crippen molar-refractivity contribution >= 4 is 22.3 Å². The number of nitrogens with one attached hydrogen (secondary N) is 2. The van der Waals surface area contributed by atoms with Crippen molar-refractivity contribution < 1.29 is 13.9 Å². The minimum Gasteiger partial charge on any atom is -0.497 e. The second-order valence-corrected chi connectivity index (χ2v) is 5.47. The second-order valence-electron chi connectivity index (χ2n) is 5.47. The Kier molecular flexibility index (Phi) is 5.18. The quantitative estimate of drug-likeness (QED) is 0.638. The van der Waals surface area contributed by atoms with Crippen molar-refractivity contribution in [3.8, 4) is 11.5 Å². The van der Waals surface area contributed by atoms with Gasteiger partial charge in [-0.1, -0.05) is 0 Å². The van der Waals surface area contributed by atoms with Crippen LogP contribution in [0.15, 0.2) is 48.7 Å². The molecule has 0 saturated heterocycles. The van der Waals surface area contributed by atoms with Crippen LogP contribution in [0.3, 0.4) is 0 Å². The average Bonchev–Trinajstić information content (AvgIpc) is 2.64. The third kappa shape index (κ3) is 4.09. The molecule has 25 heavy (non-hydrogen) atoms. The van der Waals surface area contributed by atoms with E-state index >= 15 is 0 Å². The van der Waals surface area contributed by atoms with E-state index in [1.54, 1.807) is 26.5 Å². The lowest BCUT2D eigenvalue weighted by Gasteiger charge is -2.12. The molecule has 2 aromatic carbocycles. The van der Waals surface area contributed by atoms with Gasteiger partial charge in [-0.3, -0.25) is 4.98 Å². The summed E-state index contributed by atoms with van der Waals surface area (Å²) < 4.78 is 23.8. The standard InChI is InChI=1S/C19H20FN3O2/c1-24-15-10-14(11-16(12-15)25-2)21-7-8-23-18-5-6-22-19-9-13(20)3-4-17(18)19/h3-6,9-12,21H,7-8H2,1-2H3,(H,22,23). The molecule has 2 N–H and O–H groups in total. The zero-order valence-electron chi connectivity index (χ0n) is 14.2. The number of benzene rings is 2. The van der Waals surface area contributed by atoms with Gasteiger partial charge in [-0.2, -0.15) is 0 Å². The van der Waals surface area contributed by atoms with Crippen LogP contribution in [0.2, 0.25) is 0 Å². The van der Waals surface area contributed by atoms with Crippen LogP contribution in [0.25, 0.3) is 10.9 Å². The van der Waals surface area contributed by atoms with Crippen molar-refractivity contribution in [3.63, 3.8) is 0 Å². The third-order valence-corrected chi connectivity index (χ3v) is 3.83. The monoisotopic (exact) mass is 341 g/mol. The smallest absolute Gasteiger partial charge is 0.125 e. The van der Waals surface area contributed by atoms with Crippen LogP contribution < -0.4 is 20.1 Å². The highest BCUT2D eigenvalue weighted by Crippen LogP contribution is 2.26.